The number of carbonyl (C=O) groups excluding carboxylic acids is 1. The first-order valence-electron chi connectivity index (χ1n) is 9.11. The van der Waals surface area contributed by atoms with Gasteiger partial charge in [0.2, 0.25) is 15.9 Å². The molecule has 0 spiro atoms. The van der Waals surface area contributed by atoms with Crippen molar-refractivity contribution in [3.8, 4) is 11.5 Å². The number of ether oxygens (including phenoxy) is 1. The fourth-order valence-corrected chi connectivity index (χ4v) is 3.97. The third-order valence-corrected chi connectivity index (χ3v) is 6.44. The number of rotatable bonds is 7. The van der Waals surface area contributed by atoms with Gasteiger partial charge in [-0.25, -0.2) is 8.42 Å². The van der Waals surface area contributed by atoms with Crippen LogP contribution in [0.25, 0.3) is 0 Å². The second-order valence-electron chi connectivity index (χ2n) is 6.65. The van der Waals surface area contributed by atoms with Crippen LogP contribution in [0.3, 0.4) is 0 Å². The highest BCUT2D eigenvalue weighted by molar-refractivity contribution is 7.89. The molecule has 1 N–H and O–H groups in total. The normalized spacial score (nSPS) is 11.3. The molecular weight excluding hydrogens is 424 g/mol. The topological polar surface area (TPSA) is 75.7 Å². The van der Waals surface area contributed by atoms with Crippen LogP contribution < -0.4 is 10.1 Å². The van der Waals surface area contributed by atoms with E-state index in [1.807, 2.05) is 6.92 Å². The van der Waals surface area contributed by atoms with Gasteiger partial charge in [-0.3, -0.25) is 4.79 Å². The fraction of sp³-hybridized carbons (Fsp3) is 0.136. The summed E-state index contributed by atoms with van der Waals surface area (Å²) in [6.07, 6.45) is 0. The van der Waals surface area contributed by atoms with Gasteiger partial charge in [-0.1, -0.05) is 53.6 Å². The van der Waals surface area contributed by atoms with Gasteiger partial charge in [-0.2, -0.15) is 4.31 Å². The number of benzene rings is 3. The van der Waals surface area contributed by atoms with Crippen LogP contribution in [0.5, 0.6) is 11.5 Å². The monoisotopic (exact) mass is 444 g/mol. The van der Waals surface area contributed by atoms with Crippen LogP contribution in [-0.2, 0) is 14.8 Å². The molecule has 0 saturated carbocycles. The summed E-state index contributed by atoms with van der Waals surface area (Å²) in [5, 5.41) is 3.13. The number of para-hydroxylation sites is 3. The van der Waals surface area contributed by atoms with Crippen molar-refractivity contribution in [1.29, 1.82) is 0 Å². The molecule has 3 aromatic rings. The van der Waals surface area contributed by atoms with Crippen LogP contribution in [0.1, 0.15) is 5.56 Å². The highest BCUT2D eigenvalue weighted by Crippen LogP contribution is 2.33. The number of nitrogens with zero attached hydrogens (tertiary/aromatic N) is 1. The minimum atomic E-state index is -3.78. The average molecular weight is 445 g/mol. The lowest BCUT2D eigenvalue weighted by atomic mass is 10.2. The Kier molecular flexibility index (Phi) is 6.77. The van der Waals surface area contributed by atoms with E-state index in [-0.39, 0.29) is 11.4 Å². The molecule has 0 aliphatic carbocycles. The van der Waals surface area contributed by atoms with E-state index in [1.165, 1.54) is 19.2 Å². The van der Waals surface area contributed by atoms with E-state index < -0.39 is 15.9 Å². The van der Waals surface area contributed by atoms with Gasteiger partial charge >= 0.3 is 0 Å². The van der Waals surface area contributed by atoms with Crippen molar-refractivity contribution < 1.29 is 17.9 Å². The molecule has 0 radical (unpaired) electrons. The first-order chi connectivity index (χ1) is 14.3. The van der Waals surface area contributed by atoms with Crippen molar-refractivity contribution in [3.05, 3.63) is 83.4 Å². The number of anilines is 1. The molecule has 0 bridgehead atoms. The zero-order chi connectivity index (χ0) is 21.7. The molecule has 0 fully saturated rings. The SMILES string of the molecule is Cc1ccc(S(=O)(=O)N(C)CC(=O)Nc2ccccc2Oc2ccccc2Cl)cc1. The predicted octanol–water partition coefficient (Wildman–Crippen LogP) is 4.70. The number of nitrogens with one attached hydrogen (secondary N) is 1. The van der Waals surface area contributed by atoms with Gasteiger partial charge in [0.25, 0.3) is 0 Å². The van der Waals surface area contributed by atoms with E-state index >= 15 is 0 Å². The van der Waals surface area contributed by atoms with Gasteiger partial charge in [0.05, 0.1) is 22.2 Å². The first kappa shape index (κ1) is 21.8. The van der Waals surface area contributed by atoms with Gasteiger partial charge in [0.1, 0.15) is 5.75 Å². The van der Waals surface area contributed by atoms with Gasteiger partial charge < -0.3 is 10.1 Å². The number of sulfonamides is 1. The Bertz CT molecular complexity index is 1150. The van der Waals surface area contributed by atoms with Crippen molar-refractivity contribution in [2.24, 2.45) is 0 Å². The molecule has 0 aromatic heterocycles. The predicted molar refractivity (Wildman–Crippen MR) is 118 cm³/mol. The number of aryl methyl sites for hydroxylation is 1. The third-order valence-electron chi connectivity index (χ3n) is 4.31. The maximum atomic E-state index is 12.7. The molecule has 3 rings (SSSR count). The Labute approximate surface area is 181 Å². The zero-order valence-corrected chi connectivity index (χ0v) is 18.1. The summed E-state index contributed by atoms with van der Waals surface area (Å²) in [4.78, 5) is 12.7. The number of amides is 1. The molecule has 156 valence electrons. The van der Waals surface area contributed by atoms with Crippen LogP contribution in [0, 0.1) is 6.92 Å². The van der Waals surface area contributed by atoms with Crippen LogP contribution in [0.4, 0.5) is 5.69 Å². The van der Waals surface area contributed by atoms with Crippen molar-refractivity contribution in [3.63, 3.8) is 0 Å². The van der Waals surface area contributed by atoms with Crippen LogP contribution >= 0.6 is 11.6 Å². The minimum Gasteiger partial charge on any atom is -0.454 e. The lowest BCUT2D eigenvalue weighted by Crippen LogP contribution is -2.35. The quantitative estimate of drug-likeness (QED) is 0.573. The van der Waals surface area contributed by atoms with Crippen LogP contribution in [0.15, 0.2) is 77.7 Å². The van der Waals surface area contributed by atoms with E-state index in [9.17, 15) is 13.2 Å². The Balaban J connectivity index is 1.72. The first-order valence-corrected chi connectivity index (χ1v) is 10.9. The number of halogens is 1. The summed E-state index contributed by atoms with van der Waals surface area (Å²) in [5.74, 6) is 0.339. The van der Waals surface area contributed by atoms with Crippen molar-refractivity contribution in [2.75, 3.05) is 18.9 Å². The molecule has 30 heavy (non-hydrogen) atoms. The third kappa shape index (κ3) is 5.18. The maximum absolute atomic E-state index is 12.7. The summed E-state index contributed by atoms with van der Waals surface area (Å²) in [6, 6.07) is 20.3. The Morgan fingerprint density at radius 1 is 0.967 bits per heavy atom. The van der Waals surface area contributed by atoms with E-state index in [0.717, 1.165) is 9.87 Å². The van der Waals surface area contributed by atoms with Gasteiger partial charge in [-0.05, 0) is 43.3 Å². The molecule has 0 unspecified atom stereocenters. The number of hydrogen-bond donors (Lipinski definition) is 1. The van der Waals surface area contributed by atoms with Crippen molar-refractivity contribution in [1.82, 2.24) is 4.31 Å². The summed E-state index contributed by atoms with van der Waals surface area (Å²) in [5.41, 5.74) is 1.35. The average Bonchev–Trinajstić information content (AvgIpc) is 2.71. The van der Waals surface area contributed by atoms with E-state index in [2.05, 4.69) is 5.32 Å². The smallest absolute Gasteiger partial charge is 0.243 e. The van der Waals surface area contributed by atoms with Gasteiger partial charge in [0.15, 0.2) is 5.75 Å². The molecule has 0 aliphatic heterocycles. The van der Waals surface area contributed by atoms with E-state index in [0.29, 0.717) is 22.2 Å². The fourth-order valence-electron chi connectivity index (χ4n) is 2.67. The molecule has 8 heteroatoms. The molecule has 1 amide bonds. The molecule has 3 aromatic carbocycles. The second-order valence-corrected chi connectivity index (χ2v) is 9.10. The second kappa shape index (κ2) is 9.30. The molecular formula is C22H21ClN2O4S. The number of hydrogen-bond acceptors (Lipinski definition) is 4. The maximum Gasteiger partial charge on any atom is 0.243 e. The number of likely N-dealkylation sites (N-methyl/N-ethyl adjacent to an activating group) is 1. The summed E-state index contributed by atoms with van der Waals surface area (Å²) < 4.78 is 32.2. The summed E-state index contributed by atoms with van der Waals surface area (Å²) >= 11 is 6.13. The molecule has 0 heterocycles. The Morgan fingerprint density at radius 2 is 1.57 bits per heavy atom. The van der Waals surface area contributed by atoms with Gasteiger partial charge in [0, 0.05) is 7.05 Å². The molecule has 0 saturated heterocycles. The lowest BCUT2D eigenvalue weighted by Gasteiger charge is -2.18. The largest absolute Gasteiger partial charge is 0.454 e. The van der Waals surface area contributed by atoms with Gasteiger partial charge in [-0.15, -0.1) is 0 Å². The lowest BCUT2D eigenvalue weighted by molar-refractivity contribution is -0.116. The van der Waals surface area contributed by atoms with Crippen molar-refractivity contribution in [2.45, 2.75) is 11.8 Å². The minimum absolute atomic E-state index is 0.130. The molecule has 0 atom stereocenters. The highest BCUT2D eigenvalue weighted by Gasteiger charge is 2.23. The molecule has 6 nitrogen and oxygen atoms in total. The summed E-state index contributed by atoms with van der Waals surface area (Å²) in [7, 11) is -2.42. The van der Waals surface area contributed by atoms with Crippen LogP contribution in [0.2, 0.25) is 5.02 Å². The summed E-state index contributed by atoms with van der Waals surface area (Å²) in [6.45, 7) is 1.52. The Morgan fingerprint density at radius 3 is 2.23 bits per heavy atom. The van der Waals surface area contributed by atoms with E-state index in [4.69, 9.17) is 16.3 Å². The standard InChI is InChI=1S/C22H21ClN2O4S/c1-16-11-13-17(14-12-16)30(27,28)25(2)15-22(26)24-19-8-4-6-10-21(19)29-20-9-5-3-7-18(20)23/h3-14H,15H2,1-2H3,(H,24,26). The highest BCUT2D eigenvalue weighted by atomic mass is 35.5. The zero-order valence-electron chi connectivity index (χ0n) is 16.5. The van der Waals surface area contributed by atoms with E-state index in [1.54, 1.807) is 60.7 Å². The van der Waals surface area contributed by atoms with Crippen LogP contribution in [-0.4, -0.2) is 32.2 Å². The Hall–Kier alpha value is -2.87. The molecule has 0 aliphatic rings. The number of carbonyl (C=O) groups is 1. The van der Waals surface area contributed by atoms with Crippen molar-refractivity contribution >= 4 is 33.2 Å².